The molecule has 2 nitrogen and oxygen atoms in total. The van der Waals surface area contributed by atoms with Crippen molar-refractivity contribution < 1.29 is 4.79 Å². The second-order valence-corrected chi connectivity index (χ2v) is 3.97. The summed E-state index contributed by atoms with van der Waals surface area (Å²) >= 11 is 1.32. The third kappa shape index (κ3) is 3.11. The molecule has 0 fully saturated rings. The Balaban J connectivity index is 2.64. The molecule has 0 atom stereocenters. The third-order valence-corrected chi connectivity index (χ3v) is 2.49. The number of carbonyl (C=O) groups excluding carboxylic acids is 1. The Morgan fingerprint density at radius 1 is 1.31 bits per heavy atom. The largest absolute Gasteiger partial charge is 0.299 e. The first kappa shape index (κ1) is 10.1. The summed E-state index contributed by atoms with van der Waals surface area (Å²) in [6.07, 6.45) is 0.682. The summed E-state index contributed by atoms with van der Waals surface area (Å²) in [5.74, 6) is 0.554. The van der Waals surface area contributed by atoms with Gasteiger partial charge in [0.05, 0.1) is 0 Å². The van der Waals surface area contributed by atoms with Crippen LogP contribution in [0.15, 0.2) is 29.2 Å². The van der Waals surface area contributed by atoms with Crippen molar-refractivity contribution in [1.29, 1.82) is 0 Å². The van der Waals surface area contributed by atoms with Crippen LogP contribution < -0.4 is 4.72 Å². The lowest BCUT2D eigenvalue weighted by Crippen LogP contribution is -1.97. The molecule has 3 heteroatoms. The van der Waals surface area contributed by atoms with Crippen molar-refractivity contribution >= 4 is 18.4 Å². The van der Waals surface area contributed by atoms with Gasteiger partial charge in [-0.3, -0.25) is 9.52 Å². The second-order valence-electron chi connectivity index (χ2n) is 3.06. The van der Waals surface area contributed by atoms with Crippen LogP contribution in [-0.2, 0) is 4.79 Å². The molecule has 0 saturated carbocycles. The van der Waals surface area contributed by atoms with E-state index < -0.39 is 0 Å². The zero-order valence-electron chi connectivity index (χ0n) is 7.78. The minimum atomic E-state index is 0.554. The van der Waals surface area contributed by atoms with Crippen molar-refractivity contribution in [2.24, 2.45) is 0 Å². The predicted molar refractivity (Wildman–Crippen MR) is 55.6 cm³/mol. The molecule has 0 saturated heterocycles. The van der Waals surface area contributed by atoms with Crippen LogP contribution in [0.4, 0.5) is 0 Å². The molecule has 1 aromatic rings. The number of hydrogen-bond donors (Lipinski definition) is 1. The average Bonchev–Trinajstić information content (AvgIpc) is 2.15. The number of benzene rings is 1. The summed E-state index contributed by atoms with van der Waals surface area (Å²) < 4.78 is 2.55. The Morgan fingerprint density at radius 3 is 2.38 bits per heavy atom. The number of rotatable bonds is 4. The van der Waals surface area contributed by atoms with E-state index in [-0.39, 0.29) is 0 Å². The molecule has 0 bridgehead atoms. The fourth-order valence-electron chi connectivity index (χ4n) is 1.01. The van der Waals surface area contributed by atoms with Gasteiger partial charge in [0.2, 0.25) is 6.41 Å². The molecule has 0 aliphatic rings. The molecular weight excluding hydrogens is 182 g/mol. The van der Waals surface area contributed by atoms with Crippen LogP contribution in [0.3, 0.4) is 0 Å². The van der Waals surface area contributed by atoms with E-state index in [9.17, 15) is 4.79 Å². The predicted octanol–water partition coefficient (Wildman–Crippen LogP) is 2.56. The van der Waals surface area contributed by atoms with Crippen LogP contribution in [0.25, 0.3) is 0 Å². The Morgan fingerprint density at radius 2 is 1.92 bits per heavy atom. The lowest BCUT2D eigenvalue weighted by atomic mass is 10.0. The number of hydrogen-bond acceptors (Lipinski definition) is 2. The van der Waals surface area contributed by atoms with Gasteiger partial charge in [0.15, 0.2) is 0 Å². The van der Waals surface area contributed by atoms with Crippen molar-refractivity contribution in [3.8, 4) is 0 Å². The second kappa shape index (κ2) is 4.92. The van der Waals surface area contributed by atoms with E-state index in [1.165, 1.54) is 17.5 Å². The lowest BCUT2D eigenvalue weighted by Gasteiger charge is -2.05. The Bertz CT molecular complexity index is 269. The minimum Gasteiger partial charge on any atom is -0.299 e. The van der Waals surface area contributed by atoms with E-state index in [2.05, 4.69) is 30.7 Å². The topological polar surface area (TPSA) is 29.1 Å². The van der Waals surface area contributed by atoms with Gasteiger partial charge >= 0.3 is 0 Å². The van der Waals surface area contributed by atoms with Gasteiger partial charge in [-0.05, 0) is 35.6 Å². The van der Waals surface area contributed by atoms with Crippen LogP contribution in [0, 0.1) is 0 Å². The first-order chi connectivity index (χ1) is 6.24. The Kier molecular flexibility index (Phi) is 3.83. The minimum absolute atomic E-state index is 0.554. The maximum Gasteiger partial charge on any atom is 0.217 e. The van der Waals surface area contributed by atoms with Crippen molar-refractivity contribution in [2.45, 2.75) is 24.7 Å². The zero-order valence-corrected chi connectivity index (χ0v) is 8.60. The standard InChI is InChI=1S/C10H13NOS/c1-8(2)9-3-5-10(6-4-9)13-11-7-12/h3-8H,1-2H3,(H,11,12). The first-order valence-electron chi connectivity index (χ1n) is 4.20. The quantitative estimate of drug-likeness (QED) is 0.591. The molecule has 1 aromatic carbocycles. The van der Waals surface area contributed by atoms with Crippen LogP contribution in [0.5, 0.6) is 0 Å². The van der Waals surface area contributed by atoms with Crippen molar-refractivity contribution in [2.75, 3.05) is 0 Å². The van der Waals surface area contributed by atoms with E-state index >= 15 is 0 Å². The maximum absolute atomic E-state index is 10.0. The van der Waals surface area contributed by atoms with E-state index in [4.69, 9.17) is 0 Å². The maximum atomic E-state index is 10.0. The van der Waals surface area contributed by atoms with Crippen LogP contribution >= 0.6 is 11.9 Å². The van der Waals surface area contributed by atoms with Gasteiger partial charge < -0.3 is 0 Å². The lowest BCUT2D eigenvalue weighted by molar-refractivity contribution is -0.107. The molecule has 1 N–H and O–H groups in total. The highest BCUT2D eigenvalue weighted by Gasteiger charge is 1.98. The highest BCUT2D eigenvalue weighted by atomic mass is 32.2. The summed E-state index contributed by atoms with van der Waals surface area (Å²) in [6, 6.07) is 8.19. The molecule has 0 spiro atoms. The summed E-state index contributed by atoms with van der Waals surface area (Å²) in [5, 5.41) is 0. The molecule has 0 heterocycles. The fourth-order valence-corrected chi connectivity index (χ4v) is 1.47. The van der Waals surface area contributed by atoms with Crippen LogP contribution in [-0.4, -0.2) is 6.41 Å². The van der Waals surface area contributed by atoms with Crippen LogP contribution in [0.1, 0.15) is 25.3 Å². The van der Waals surface area contributed by atoms with E-state index in [0.717, 1.165) is 4.90 Å². The normalized spacial score (nSPS) is 10.1. The van der Waals surface area contributed by atoms with Gasteiger partial charge in [-0.15, -0.1) is 0 Å². The summed E-state index contributed by atoms with van der Waals surface area (Å²) in [4.78, 5) is 11.1. The fraction of sp³-hybridized carbons (Fsp3) is 0.300. The van der Waals surface area contributed by atoms with Gasteiger partial charge in [0.1, 0.15) is 0 Å². The molecule has 0 aromatic heterocycles. The Labute approximate surface area is 82.9 Å². The van der Waals surface area contributed by atoms with Crippen molar-refractivity contribution in [3.63, 3.8) is 0 Å². The monoisotopic (exact) mass is 195 g/mol. The van der Waals surface area contributed by atoms with Gasteiger partial charge in [0.25, 0.3) is 0 Å². The average molecular weight is 195 g/mol. The molecule has 0 aliphatic carbocycles. The highest BCUT2D eigenvalue weighted by molar-refractivity contribution is 7.97. The number of amides is 1. The van der Waals surface area contributed by atoms with Gasteiger partial charge in [0, 0.05) is 4.90 Å². The zero-order chi connectivity index (χ0) is 9.68. The SMILES string of the molecule is CC(C)c1ccc(SNC=O)cc1. The highest BCUT2D eigenvalue weighted by Crippen LogP contribution is 2.19. The third-order valence-electron chi connectivity index (χ3n) is 1.77. The molecule has 0 aliphatic heterocycles. The number of carbonyl (C=O) groups is 1. The smallest absolute Gasteiger partial charge is 0.217 e. The molecule has 13 heavy (non-hydrogen) atoms. The van der Waals surface area contributed by atoms with E-state index in [1.807, 2.05) is 12.1 Å². The molecule has 1 rings (SSSR count). The van der Waals surface area contributed by atoms with Gasteiger partial charge in [-0.1, -0.05) is 26.0 Å². The molecular formula is C10H13NOS. The summed E-state index contributed by atoms with van der Waals surface area (Å²) in [7, 11) is 0. The molecule has 1 amide bonds. The Hall–Kier alpha value is -0.960. The first-order valence-corrected chi connectivity index (χ1v) is 5.01. The summed E-state index contributed by atoms with van der Waals surface area (Å²) in [6.45, 7) is 4.32. The van der Waals surface area contributed by atoms with Gasteiger partial charge in [-0.25, -0.2) is 0 Å². The number of nitrogens with one attached hydrogen (secondary N) is 1. The van der Waals surface area contributed by atoms with Gasteiger partial charge in [-0.2, -0.15) is 0 Å². The van der Waals surface area contributed by atoms with Crippen molar-refractivity contribution in [1.82, 2.24) is 4.72 Å². The molecule has 70 valence electrons. The van der Waals surface area contributed by atoms with Crippen LogP contribution in [0.2, 0.25) is 0 Å². The molecule has 0 unspecified atom stereocenters. The van der Waals surface area contributed by atoms with Crippen molar-refractivity contribution in [3.05, 3.63) is 29.8 Å². The van der Waals surface area contributed by atoms with E-state index in [1.54, 1.807) is 0 Å². The van der Waals surface area contributed by atoms with E-state index in [0.29, 0.717) is 12.3 Å². The molecule has 0 radical (unpaired) electrons. The summed E-state index contributed by atoms with van der Waals surface area (Å²) in [5.41, 5.74) is 1.32.